The number of guanidine groups is 1. The molecule has 0 aromatic carbocycles. The van der Waals surface area contributed by atoms with Gasteiger partial charge in [-0.3, -0.25) is 4.99 Å². The van der Waals surface area contributed by atoms with Crippen molar-refractivity contribution in [1.82, 2.24) is 9.80 Å². The first-order valence-corrected chi connectivity index (χ1v) is 7.74. The summed E-state index contributed by atoms with van der Waals surface area (Å²) in [4.78, 5) is 9.79. The van der Waals surface area contributed by atoms with E-state index in [2.05, 4.69) is 79.0 Å². The highest BCUT2D eigenvalue weighted by Gasteiger charge is 2.27. The van der Waals surface area contributed by atoms with Gasteiger partial charge in [-0.1, -0.05) is 0 Å². The van der Waals surface area contributed by atoms with Crippen molar-refractivity contribution in [3.8, 4) is 0 Å². The second kappa shape index (κ2) is 7.76. The van der Waals surface area contributed by atoms with Gasteiger partial charge in [0.2, 0.25) is 0 Å². The van der Waals surface area contributed by atoms with Crippen molar-refractivity contribution >= 4 is 5.96 Å². The predicted molar refractivity (Wildman–Crippen MR) is 86.8 cm³/mol. The maximum atomic E-state index is 4.93. The molecule has 3 nitrogen and oxygen atoms in total. The van der Waals surface area contributed by atoms with Crippen LogP contribution in [0.25, 0.3) is 0 Å². The van der Waals surface area contributed by atoms with E-state index >= 15 is 0 Å². The third-order valence-corrected chi connectivity index (χ3v) is 3.06. The van der Waals surface area contributed by atoms with Gasteiger partial charge >= 0.3 is 0 Å². The number of rotatable bonds is 5. The molecule has 0 aliphatic heterocycles. The zero-order chi connectivity index (χ0) is 15.3. The Bertz CT molecular complexity index is 240. The van der Waals surface area contributed by atoms with E-state index in [1.165, 1.54) is 0 Å². The molecule has 0 aliphatic carbocycles. The summed E-state index contributed by atoms with van der Waals surface area (Å²) in [6, 6.07) is 2.14. The first-order chi connectivity index (χ1) is 8.59. The van der Waals surface area contributed by atoms with E-state index in [1.54, 1.807) is 0 Å². The third kappa shape index (κ3) is 5.42. The van der Waals surface area contributed by atoms with Crippen molar-refractivity contribution < 1.29 is 0 Å². The summed E-state index contributed by atoms with van der Waals surface area (Å²) < 4.78 is 0. The summed E-state index contributed by atoms with van der Waals surface area (Å²) in [6.07, 6.45) is 0. The number of nitrogens with zero attached hydrogens (tertiary/aromatic N) is 3. The van der Waals surface area contributed by atoms with Crippen LogP contribution in [-0.2, 0) is 0 Å². The maximum absolute atomic E-state index is 4.93. The van der Waals surface area contributed by atoms with E-state index < -0.39 is 0 Å². The fourth-order valence-corrected chi connectivity index (χ4v) is 2.61. The van der Waals surface area contributed by atoms with Gasteiger partial charge in [0.1, 0.15) is 0 Å². The van der Waals surface area contributed by atoms with Gasteiger partial charge in [0.15, 0.2) is 5.96 Å². The minimum atomic E-state index is 0.315. The summed E-state index contributed by atoms with van der Waals surface area (Å²) in [5.41, 5.74) is 0. The molecule has 0 radical (unpaired) electrons. The van der Waals surface area contributed by atoms with E-state index in [4.69, 9.17) is 4.99 Å². The molecular formula is C16H35N3. The van der Waals surface area contributed by atoms with Crippen LogP contribution in [0.15, 0.2) is 4.99 Å². The number of hydrogen-bond acceptors (Lipinski definition) is 1. The molecule has 114 valence electrons. The summed E-state index contributed by atoms with van der Waals surface area (Å²) in [6.45, 7) is 22.3. The van der Waals surface area contributed by atoms with Gasteiger partial charge in [-0.25, -0.2) is 0 Å². The normalized spacial score (nSPS) is 11.9. The second-order valence-electron chi connectivity index (χ2n) is 6.71. The maximum Gasteiger partial charge on any atom is 0.197 e. The fourth-order valence-electron chi connectivity index (χ4n) is 2.61. The fraction of sp³-hybridized carbons (Fsp3) is 0.938. The van der Waals surface area contributed by atoms with Crippen molar-refractivity contribution in [2.45, 2.75) is 99.4 Å². The molecule has 0 saturated heterocycles. The molecule has 0 aromatic rings. The Morgan fingerprint density at radius 3 is 1.00 bits per heavy atom. The highest BCUT2D eigenvalue weighted by Crippen LogP contribution is 2.16. The standard InChI is InChI=1S/C16H35N3/c1-11(2)17-16(18(12(3)4)13(5)6)19(14(7)8)15(9)10/h11-15H,1-10H3. The molecular weight excluding hydrogens is 234 g/mol. The summed E-state index contributed by atoms with van der Waals surface area (Å²) in [7, 11) is 0. The van der Waals surface area contributed by atoms with E-state index in [0.29, 0.717) is 30.2 Å². The molecule has 0 N–H and O–H groups in total. The molecule has 19 heavy (non-hydrogen) atoms. The summed E-state index contributed by atoms with van der Waals surface area (Å²) in [5, 5.41) is 0. The van der Waals surface area contributed by atoms with Crippen LogP contribution in [-0.4, -0.2) is 46.0 Å². The number of aliphatic imine (C=N–C) groups is 1. The summed E-state index contributed by atoms with van der Waals surface area (Å²) >= 11 is 0. The molecule has 0 aliphatic rings. The predicted octanol–water partition coefficient (Wildman–Crippen LogP) is 3.99. The lowest BCUT2D eigenvalue weighted by atomic mass is 10.2. The molecule has 0 amide bonds. The molecule has 0 bridgehead atoms. The quantitative estimate of drug-likeness (QED) is 0.555. The van der Waals surface area contributed by atoms with Gasteiger partial charge in [0.25, 0.3) is 0 Å². The molecule has 0 fully saturated rings. The Labute approximate surface area is 121 Å². The minimum absolute atomic E-state index is 0.315. The van der Waals surface area contributed by atoms with Crippen molar-refractivity contribution in [2.75, 3.05) is 0 Å². The van der Waals surface area contributed by atoms with Crippen LogP contribution in [0.3, 0.4) is 0 Å². The Morgan fingerprint density at radius 2 is 0.842 bits per heavy atom. The summed E-state index contributed by atoms with van der Waals surface area (Å²) in [5.74, 6) is 1.14. The van der Waals surface area contributed by atoms with Crippen LogP contribution < -0.4 is 0 Å². The van der Waals surface area contributed by atoms with E-state index in [-0.39, 0.29) is 0 Å². The SMILES string of the molecule is CC(C)N=C(N(C(C)C)C(C)C)N(C(C)C)C(C)C. The lowest BCUT2D eigenvalue weighted by molar-refractivity contribution is 0.198. The molecule has 0 unspecified atom stereocenters. The van der Waals surface area contributed by atoms with E-state index in [1.807, 2.05) is 0 Å². The van der Waals surface area contributed by atoms with Crippen LogP contribution >= 0.6 is 0 Å². The largest absolute Gasteiger partial charge is 0.338 e. The van der Waals surface area contributed by atoms with Gasteiger partial charge in [-0.15, -0.1) is 0 Å². The zero-order valence-corrected chi connectivity index (χ0v) is 14.7. The smallest absolute Gasteiger partial charge is 0.197 e. The van der Waals surface area contributed by atoms with Gasteiger partial charge in [0, 0.05) is 30.2 Å². The van der Waals surface area contributed by atoms with Gasteiger partial charge in [-0.2, -0.15) is 0 Å². The van der Waals surface area contributed by atoms with Crippen molar-refractivity contribution in [3.63, 3.8) is 0 Å². The van der Waals surface area contributed by atoms with Crippen molar-refractivity contribution in [1.29, 1.82) is 0 Å². The molecule has 0 aromatic heterocycles. The number of hydrogen-bond donors (Lipinski definition) is 0. The average Bonchev–Trinajstić information content (AvgIpc) is 2.12. The first-order valence-electron chi connectivity index (χ1n) is 7.74. The Hall–Kier alpha value is -0.730. The van der Waals surface area contributed by atoms with Crippen LogP contribution in [0.2, 0.25) is 0 Å². The molecule has 0 spiro atoms. The van der Waals surface area contributed by atoms with E-state index in [0.717, 1.165) is 5.96 Å². The monoisotopic (exact) mass is 269 g/mol. The van der Waals surface area contributed by atoms with Gasteiger partial charge in [0.05, 0.1) is 0 Å². The Balaban J connectivity index is 5.65. The van der Waals surface area contributed by atoms with E-state index in [9.17, 15) is 0 Å². The molecule has 0 atom stereocenters. The van der Waals surface area contributed by atoms with Gasteiger partial charge < -0.3 is 9.80 Å². The topological polar surface area (TPSA) is 18.8 Å². The van der Waals surface area contributed by atoms with Crippen LogP contribution in [0.1, 0.15) is 69.2 Å². The lowest BCUT2D eigenvalue weighted by Gasteiger charge is -2.43. The van der Waals surface area contributed by atoms with Crippen LogP contribution in [0, 0.1) is 0 Å². The minimum Gasteiger partial charge on any atom is -0.338 e. The Kier molecular flexibility index (Phi) is 7.46. The van der Waals surface area contributed by atoms with Gasteiger partial charge in [-0.05, 0) is 69.2 Å². The highest BCUT2D eigenvalue weighted by molar-refractivity contribution is 5.81. The third-order valence-electron chi connectivity index (χ3n) is 3.06. The second-order valence-corrected chi connectivity index (χ2v) is 6.71. The molecule has 0 heterocycles. The Morgan fingerprint density at radius 1 is 0.579 bits per heavy atom. The average molecular weight is 269 g/mol. The van der Waals surface area contributed by atoms with Crippen LogP contribution in [0.5, 0.6) is 0 Å². The zero-order valence-electron chi connectivity index (χ0n) is 14.7. The molecule has 0 rings (SSSR count). The van der Waals surface area contributed by atoms with Crippen molar-refractivity contribution in [3.05, 3.63) is 0 Å². The molecule has 0 saturated carbocycles. The van der Waals surface area contributed by atoms with Crippen molar-refractivity contribution in [2.24, 2.45) is 4.99 Å². The van der Waals surface area contributed by atoms with Crippen LogP contribution in [0.4, 0.5) is 0 Å². The first kappa shape index (κ1) is 18.3. The highest BCUT2D eigenvalue weighted by atomic mass is 15.4. The molecule has 3 heteroatoms. The lowest BCUT2D eigenvalue weighted by Crippen LogP contribution is -2.55.